The molecule has 2 heteroatoms. The van der Waals surface area contributed by atoms with Crippen molar-refractivity contribution in [2.75, 3.05) is 11.9 Å². The van der Waals surface area contributed by atoms with Gasteiger partial charge in [0.25, 0.3) is 0 Å². The van der Waals surface area contributed by atoms with E-state index in [4.69, 9.17) is 0 Å². The highest BCUT2D eigenvalue weighted by atomic mass is 14.9. The van der Waals surface area contributed by atoms with E-state index in [1.54, 1.807) is 0 Å². The van der Waals surface area contributed by atoms with E-state index in [1.165, 1.54) is 40.6 Å². The van der Waals surface area contributed by atoms with Crippen LogP contribution in [0.15, 0.2) is 54.7 Å². The van der Waals surface area contributed by atoms with Crippen LogP contribution in [0.2, 0.25) is 0 Å². The number of nitrogens with one attached hydrogen (secondary N) is 2. The Labute approximate surface area is 130 Å². The fraction of sp³-hybridized carbons (Fsp3) is 0.300. The van der Waals surface area contributed by atoms with Crippen molar-refractivity contribution in [1.82, 2.24) is 4.98 Å². The molecule has 5 rings (SSSR count). The van der Waals surface area contributed by atoms with Gasteiger partial charge in [0.05, 0.1) is 0 Å². The summed E-state index contributed by atoms with van der Waals surface area (Å²) in [5.74, 6) is 2.08. The molecular formula is C20H20N2. The fourth-order valence-corrected chi connectivity index (χ4v) is 4.26. The van der Waals surface area contributed by atoms with E-state index < -0.39 is 0 Å². The molecule has 3 aromatic rings. The molecule has 1 aliphatic carbocycles. The predicted octanol–water partition coefficient (Wildman–Crippen LogP) is 4.87. The van der Waals surface area contributed by atoms with Gasteiger partial charge in [-0.05, 0) is 47.9 Å². The molecular weight excluding hydrogens is 268 g/mol. The summed E-state index contributed by atoms with van der Waals surface area (Å²) in [4.78, 5) is 3.48. The SMILES string of the molecule is c1ccc2c(c1)NCC2C(c1c[nH]c2ccccc12)C1CC1. The van der Waals surface area contributed by atoms with Gasteiger partial charge in [-0.2, -0.15) is 0 Å². The van der Waals surface area contributed by atoms with Gasteiger partial charge >= 0.3 is 0 Å². The van der Waals surface area contributed by atoms with Crippen molar-refractivity contribution in [1.29, 1.82) is 0 Å². The smallest absolute Gasteiger partial charge is 0.0456 e. The minimum Gasteiger partial charge on any atom is -0.384 e. The quantitative estimate of drug-likeness (QED) is 0.707. The van der Waals surface area contributed by atoms with Gasteiger partial charge in [0.1, 0.15) is 0 Å². The van der Waals surface area contributed by atoms with Crippen molar-refractivity contribution in [2.45, 2.75) is 24.7 Å². The Morgan fingerprint density at radius 3 is 2.68 bits per heavy atom. The van der Waals surface area contributed by atoms with Crippen molar-refractivity contribution < 1.29 is 0 Å². The predicted molar refractivity (Wildman–Crippen MR) is 91.4 cm³/mol. The van der Waals surface area contributed by atoms with Crippen LogP contribution < -0.4 is 5.32 Å². The minimum atomic E-state index is 0.600. The molecule has 0 radical (unpaired) electrons. The standard InChI is InChI=1S/C20H20N2/c1-3-7-18-14(5-1)16(11-21-18)20(13-9-10-13)17-12-22-19-8-4-2-6-15(17)19/h1-8,11,13,17,20-22H,9-10,12H2. The first kappa shape index (κ1) is 12.3. The number of aromatic nitrogens is 1. The van der Waals surface area contributed by atoms with Crippen LogP contribution in [0.4, 0.5) is 5.69 Å². The van der Waals surface area contributed by atoms with E-state index in [9.17, 15) is 0 Å². The van der Waals surface area contributed by atoms with Gasteiger partial charge in [-0.3, -0.25) is 0 Å². The highest BCUT2D eigenvalue weighted by Gasteiger charge is 2.41. The summed E-state index contributed by atoms with van der Waals surface area (Å²) in [5, 5.41) is 5.02. The highest BCUT2D eigenvalue weighted by molar-refractivity contribution is 5.84. The van der Waals surface area contributed by atoms with Crippen molar-refractivity contribution >= 4 is 16.6 Å². The van der Waals surface area contributed by atoms with E-state index in [0.717, 1.165) is 12.5 Å². The van der Waals surface area contributed by atoms with E-state index in [2.05, 4.69) is 65.0 Å². The molecule has 2 atom stereocenters. The van der Waals surface area contributed by atoms with E-state index in [0.29, 0.717) is 11.8 Å². The number of fused-ring (bicyclic) bond motifs is 2. The Bertz CT molecular complexity index is 828. The number of H-pyrrole nitrogens is 1. The monoisotopic (exact) mass is 288 g/mol. The van der Waals surface area contributed by atoms with Gasteiger partial charge in [0, 0.05) is 35.2 Å². The van der Waals surface area contributed by atoms with Crippen LogP contribution in [0.3, 0.4) is 0 Å². The van der Waals surface area contributed by atoms with Gasteiger partial charge in [0.15, 0.2) is 0 Å². The third-order valence-electron chi connectivity index (χ3n) is 5.42. The Morgan fingerprint density at radius 2 is 1.77 bits per heavy atom. The molecule has 0 spiro atoms. The van der Waals surface area contributed by atoms with Crippen LogP contribution in [0.1, 0.15) is 35.8 Å². The van der Waals surface area contributed by atoms with Crippen LogP contribution in [0.25, 0.3) is 10.9 Å². The van der Waals surface area contributed by atoms with Gasteiger partial charge in [-0.1, -0.05) is 36.4 Å². The number of hydrogen-bond donors (Lipinski definition) is 2. The third-order valence-corrected chi connectivity index (χ3v) is 5.42. The maximum atomic E-state index is 3.61. The molecule has 2 heterocycles. The summed E-state index contributed by atoms with van der Waals surface area (Å²) in [6.07, 6.45) is 5.01. The fourth-order valence-electron chi connectivity index (χ4n) is 4.26. The van der Waals surface area contributed by atoms with Crippen LogP contribution in [-0.2, 0) is 0 Å². The second-order valence-corrected chi connectivity index (χ2v) is 6.73. The molecule has 1 saturated carbocycles. The molecule has 2 aromatic carbocycles. The maximum absolute atomic E-state index is 3.61. The zero-order valence-electron chi connectivity index (χ0n) is 12.5. The Hall–Kier alpha value is -2.22. The van der Waals surface area contributed by atoms with Crippen molar-refractivity contribution in [2.24, 2.45) is 5.92 Å². The molecule has 2 aliphatic rings. The molecule has 0 saturated heterocycles. The van der Waals surface area contributed by atoms with E-state index in [-0.39, 0.29) is 0 Å². The van der Waals surface area contributed by atoms with Crippen LogP contribution >= 0.6 is 0 Å². The Morgan fingerprint density at radius 1 is 0.955 bits per heavy atom. The summed E-state index contributed by atoms with van der Waals surface area (Å²) >= 11 is 0. The molecule has 1 aromatic heterocycles. The number of anilines is 1. The summed E-state index contributed by atoms with van der Waals surface area (Å²) in [6.45, 7) is 1.07. The second kappa shape index (κ2) is 4.64. The lowest BCUT2D eigenvalue weighted by Crippen LogP contribution is -2.15. The van der Waals surface area contributed by atoms with Gasteiger partial charge in [-0.25, -0.2) is 0 Å². The first-order chi connectivity index (χ1) is 10.9. The number of para-hydroxylation sites is 2. The molecule has 22 heavy (non-hydrogen) atoms. The van der Waals surface area contributed by atoms with Crippen LogP contribution in [0, 0.1) is 5.92 Å². The van der Waals surface area contributed by atoms with E-state index >= 15 is 0 Å². The first-order valence-electron chi connectivity index (χ1n) is 8.30. The zero-order valence-corrected chi connectivity index (χ0v) is 12.5. The van der Waals surface area contributed by atoms with Crippen LogP contribution in [0.5, 0.6) is 0 Å². The molecule has 1 fully saturated rings. The first-order valence-corrected chi connectivity index (χ1v) is 8.30. The third kappa shape index (κ3) is 1.80. The van der Waals surface area contributed by atoms with Crippen molar-refractivity contribution in [3.63, 3.8) is 0 Å². The lowest BCUT2D eigenvalue weighted by atomic mass is 9.79. The normalized spacial score (nSPS) is 21.5. The Kier molecular flexibility index (Phi) is 2.60. The molecule has 1 aliphatic heterocycles. The molecule has 0 bridgehead atoms. The second-order valence-electron chi connectivity index (χ2n) is 6.73. The Balaban J connectivity index is 1.64. The molecule has 2 unspecified atom stereocenters. The van der Waals surface area contributed by atoms with Crippen molar-refractivity contribution in [3.8, 4) is 0 Å². The summed E-state index contributed by atoms with van der Waals surface area (Å²) in [6, 6.07) is 17.6. The van der Waals surface area contributed by atoms with Crippen molar-refractivity contribution in [3.05, 3.63) is 65.9 Å². The van der Waals surface area contributed by atoms with Gasteiger partial charge in [0.2, 0.25) is 0 Å². The number of hydrogen-bond acceptors (Lipinski definition) is 1. The highest BCUT2D eigenvalue weighted by Crippen LogP contribution is 2.53. The molecule has 2 nitrogen and oxygen atoms in total. The summed E-state index contributed by atoms with van der Waals surface area (Å²) in [7, 11) is 0. The number of aromatic amines is 1. The largest absolute Gasteiger partial charge is 0.384 e. The average molecular weight is 288 g/mol. The maximum Gasteiger partial charge on any atom is 0.0456 e. The zero-order chi connectivity index (χ0) is 14.5. The lowest BCUT2D eigenvalue weighted by Gasteiger charge is -2.23. The van der Waals surface area contributed by atoms with Crippen LogP contribution in [-0.4, -0.2) is 11.5 Å². The topological polar surface area (TPSA) is 27.8 Å². The number of rotatable bonds is 3. The molecule has 2 N–H and O–H groups in total. The van der Waals surface area contributed by atoms with Gasteiger partial charge < -0.3 is 10.3 Å². The summed E-state index contributed by atoms with van der Waals surface area (Å²) < 4.78 is 0. The average Bonchev–Trinajstić information content (AvgIpc) is 3.17. The van der Waals surface area contributed by atoms with E-state index in [1.807, 2.05) is 0 Å². The molecule has 0 amide bonds. The lowest BCUT2D eigenvalue weighted by molar-refractivity contribution is 0.518. The summed E-state index contributed by atoms with van der Waals surface area (Å²) in [5.41, 5.74) is 5.62. The van der Waals surface area contributed by atoms with Gasteiger partial charge in [-0.15, -0.1) is 0 Å². The minimum absolute atomic E-state index is 0.600. The number of benzene rings is 2. The molecule has 110 valence electrons.